The van der Waals surface area contributed by atoms with Gasteiger partial charge in [-0.2, -0.15) is 0 Å². The van der Waals surface area contributed by atoms with E-state index in [1.54, 1.807) is 18.3 Å². The van der Waals surface area contributed by atoms with Gasteiger partial charge in [0.25, 0.3) is 6.43 Å². The third kappa shape index (κ3) is 3.50. The Bertz CT molecular complexity index is 824. The summed E-state index contributed by atoms with van der Waals surface area (Å²) >= 11 is 0. The van der Waals surface area contributed by atoms with Gasteiger partial charge in [0.15, 0.2) is 0 Å². The fourth-order valence-corrected chi connectivity index (χ4v) is 2.64. The van der Waals surface area contributed by atoms with Crippen molar-refractivity contribution < 1.29 is 22.7 Å². The van der Waals surface area contributed by atoms with Crippen LogP contribution in [-0.2, 0) is 4.74 Å². The van der Waals surface area contributed by atoms with Crippen molar-refractivity contribution in [1.82, 2.24) is 9.88 Å². The standard InChI is InChI=1S/C18H15F3N2O2/c1-11(23-5-2-6-25-18(23)24)13-7-14(10-22-9-13)12-3-4-16(19)15(8-12)17(20)21/h2-4,6-11,17H,5H2,1H3. The van der Waals surface area contributed by atoms with Crippen LogP contribution in [0.3, 0.4) is 0 Å². The van der Waals surface area contributed by atoms with Gasteiger partial charge in [-0.05, 0) is 42.3 Å². The Morgan fingerprint density at radius 2 is 2.00 bits per heavy atom. The van der Waals surface area contributed by atoms with Crippen molar-refractivity contribution in [2.45, 2.75) is 19.4 Å². The first-order valence-electron chi connectivity index (χ1n) is 7.62. The van der Waals surface area contributed by atoms with E-state index in [2.05, 4.69) is 4.98 Å². The van der Waals surface area contributed by atoms with Crippen LogP contribution < -0.4 is 0 Å². The lowest BCUT2D eigenvalue weighted by Crippen LogP contribution is -2.35. The van der Waals surface area contributed by atoms with Gasteiger partial charge in [0.05, 0.1) is 17.9 Å². The van der Waals surface area contributed by atoms with E-state index in [-0.39, 0.29) is 6.04 Å². The largest absolute Gasteiger partial charge is 0.418 e. The maximum Gasteiger partial charge on any atom is 0.415 e. The molecule has 1 amide bonds. The fourth-order valence-electron chi connectivity index (χ4n) is 2.64. The minimum Gasteiger partial charge on any atom is -0.418 e. The Labute approximate surface area is 142 Å². The number of alkyl halides is 2. The molecule has 3 rings (SSSR count). The molecule has 1 aliphatic heterocycles. The molecule has 1 aromatic carbocycles. The van der Waals surface area contributed by atoms with Crippen LogP contribution in [0.1, 0.15) is 30.5 Å². The molecule has 1 aliphatic rings. The first-order valence-corrected chi connectivity index (χ1v) is 7.62. The highest BCUT2D eigenvalue weighted by Gasteiger charge is 2.24. The Kier molecular flexibility index (Phi) is 4.74. The zero-order valence-electron chi connectivity index (χ0n) is 13.3. The normalized spacial score (nSPS) is 15.4. The van der Waals surface area contributed by atoms with Crippen LogP contribution in [0.25, 0.3) is 11.1 Å². The number of nitrogens with zero attached hydrogens (tertiary/aromatic N) is 2. The Morgan fingerprint density at radius 3 is 2.72 bits per heavy atom. The summed E-state index contributed by atoms with van der Waals surface area (Å²) in [6.07, 6.45) is 2.78. The van der Waals surface area contributed by atoms with Gasteiger partial charge in [-0.3, -0.25) is 9.88 Å². The number of cyclic esters (lactones) is 1. The van der Waals surface area contributed by atoms with Crippen molar-refractivity contribution in [3.63, 3.8) is 0 Å². The van der Waals surface area contributed by atoms with Crippen molar-refractivity contribution in [1.29, 1.82) is 0 Å². The van der Waals surface area contributed by atoms with Gasteiger partial charge in [0, 0.05) is 24.5 Å². The molecule has 0 spiro atoms. The molecule has 0 saturated carbocycles. The molecular formula is C18H15F3N2O2. The number of benzene rings is 1. The summed E-state index contributed by atoms with van der Waals surface area (Å²) in [6.45, 7) is 2.22. The van der Waals surface area contributed by atoms with Gasteiger partial charge in [-0.1, -0.05) is 6.07 Å². The topological polar surface area (TPSA) is 42.4 Å². The van der Waals surface area contributed by atoms with E-state index in [4.69, 9.17) is 4.74 Å². The second kappa shape index (κ2) is 6.96. The first kappa shape index (κ1) is 17.0. The minimum atomic E-state index is -2.90. The zero-order valence-corrected chi connectivity index (χ0v) is 13.3. The molecule has 0 radical (unpaired) electrons. The number of amides is 1. The molecule has 1 atom stereocenters. The molecule has 0 fully saturated rings. The zero-order chi connectivity index (χ0) is 18.0. The molecule has 130 valence electrons. The molecule has 2 heterocycles. The van der Waals surface area contributed by atoms with Crippen molar-refractivity contribution in [2.75, 3.05) is 6.54 Å². The predicted octanol–water partition coefficient (Wildman–Crippen LogP) is 4.85. The monoisotopic (exact) mass is 348 g/mol. The van der Waals surface area contributed by atoms with Crippen LogP contribution in [0, 0.1) is 5.82 Å². The Hall–Kier alpha value is -2.83. The number of rotatable bonds is 4. The number of carbonyl (C=O) groups is 1. The molecular weight excluding hydrogens is 333 g/mol. The average molecular weight is 348 g/mol. The van der Waals surface area contributed by atoms with Gasteiger partial charge in [-0.15, -0.1) is 0 Å². The third-order valence-corrected chi connectivity index (χ3v) is 4.08. The highest BCUT2D eigenvalue weighted by atomic mass is 19.3. The van der Waals surface area contributed by atoms with Crippen molar-refractivity contribution in [2.24, 2.45) is 0 Å². The summed E-state index contributed by atoms with van der Waals surface area (Å²) in [5, 5.41) is 0. The SMILES string of the molecule is CC(c1cncc(-c2ccc(F)c(C(F)F)c2)c1)N1CC=COC1=O. The highest BCUT2D eigenvalue weighted by molar-refractivity contribution is 5.70. The summed E-state index contributed by atoms with van der Waals surface area (Å²) in [5.74, 6) is -0.945. The lowest BCUT2D eigenvalue weighted by molar-refractivity contribution is 0.118. The van der Waals surface area contributed by atoms with Crippen LogP contribution in [0.15, 0.2) is 49.0 Å². The molecule has 4 nitrogen and oxygen atoms in total. The van der Waals surface area contributed by atoms with E-state index in [0.29, 0.717) is 23.2 Å². The van der Waals surface area contributed by atoms with E-state index in [1.165, 1.54) is 23.4 Å². The number of ether oxygens (including phenoxy) is 1. The van der Waals surface area contributed by atoms with Crippen LogP contribution in [0.2, 0.25) is 0 Å². The summed E-state index contributed by atoms with van der Waals surface area (Å²) < 4.78 is 44.1. The van der Waals surface area contributed by atoms with Crippen LogP contribution >= 0.6 is 0 Å². The van der Waals surface area contributed by atoms with E-state index < -0.39 is 23.9 Å². The van der Waals surface area contributed by atoms with E-state index in [0.717, 1.165) is 12.1 Å². The van der Waals surface area contributed by atoms with Gasteiger partial charge in [-0.25, -0.2) is 18.0 Å². The van der Waals surface area contributed by atoms with E-state index >= 15 is 0 Å². The number of carbonyl (C=O) groups excluding carboxylic acids is 1. The average Bonchev–Trinajstić information content (AvgIpc) is 2.62. The van der Waals surface area contributed by atoms with Crippen molar-refractivity contribution in [3.8, 4) is 11.1 Å². The van der Waals surface area contributed by atoms with E-state index in [9.17, 15) is 18.0 Å². The second-order valence-electron chi connectivity index (χ2n) is 5.63. The Morgan fingerprint density at radius 1 is 1.20 bits per heavy atom. The maximum atomic E-state index is 13.5. The lowest BCUT2D eigenvalue weighted by Gasteiger charge is -2.29. The fraction of sp³-hybridized carbons (Fsp3) is 0.222. The molecule has 0 bridgehead atoms. The lowest BCUT2D eigenvalue weighted by atomic mass is 10.0. The summed E-state index contributed by atoms with van der Waals surface area (Å²) in [7, 11) is 0. The number of hydrogen-bond acceptors (Lipinski definition) is 3. The molecule has 1 aromatic heterocycles. The number of halogens is 3. The smallest absolute Gasteiger partial charge is 0.415 e. The van der Waals surface area contributed by atoms with Crippen LogP contribution in [0.5, 0.6) is 0 Å². The molecule has 1 unspecified atom stereocenters. The van der Waals surface area contributed by atoms with Gasteiger partial charge in [0.2, 0.25) is 0 Å². The van der Waals surface area contributed by atoms with Gasteiger partial charge < -0.3 is 4.74 Å². The van der Waals surface area contributed by atoms with Crippen molar-refractivity contribution >= 4 is 6.09 Å². The molecule has 2 aromatic rings. The summed E-state index contributed by atoms with van der Waals surface area (Å²) in [5.41, 5.74) is 1.06. The predicted molar refractivity (Wildman–Crippen MR) is 85.3 cm³/mol. The molecule has 7 heteroatoms. The minimum absolute atomic E-state index is 0.320. The van der Waals surface area contributed by atoms with Crippen LogP contribution in [-0.4, -0.2) is 22.5 Å². The summed E-state index contributed by atoms with van der Waals surface area (Å²) in [4.78, 5) is 17.5. The van der Waals surface area contributed by atoms with Crippen LogP contribution in [0.4, 0.5) is 18.0 Å². The van der Waals surface area contributed by atoms with Crippen molar-refractivity contribution in [3.05, 3.63) is 65.9 Å². The summed E-state index contributed by atoms with van der Waals surface area (Å²) in [6, 6.07) is 4.97. The molecule has 0 N–H and O–H groups in total. The molecule has 0 aliphatic carbocycles. The molecule has 0 saturated heterocycles. The number of aromatic nitrogens is 1. The quantitative estimate of drug-likeness (QED) is 0.793. The second-order valence-corrected chi connectivity index (χ2v) is 5.63. The van der Waals surface area contributed by atoms with E-state index in [1.807, 2.05) is 6.92 Å². The maximum absolute atomic E-state index is 13.5. The number of pyridine rings is 1. The number of hydrogen-bond donors (Lipinski definition) is 0. The Balaban J connectivity index is 1.93. The first-order chi connectivity index (χ1) is 12.0. The molecule has 25 heavy (non-hydrogen) atoms. The van der Waals surface area contributed by atoms with Gasteiger partial charge >= 0.3 is 6.09 Å². The third-order valence-electron chi connectivity index (χ3n) is 4.08. The van der Waals surface area contributed by atoms with Gasteiger partial charge in [0.1, 0.15) is 5.82 Å². The highest BCUT2D eigenvalue weighted by Crippen LogP contribution is 2.30.